The molecule has 2 aromatic rings. The van der Waals surface area contributed by atoms with Crippen molar-refractivity contribution in [3.63, 3.8) is 0 Å². The highest BCUT2D eigenvalue weighted by molar-refractivity contribution is 6.16. The van der Waals surface area contributed by atoms with Crippen molar-refractivity contribution in [2.45, 2.75) is 19.2 Å². The summed E-state index contributed by atoms with van der Waals surface area (Å²) in [7, 11) is 0. The summed E-state index contributed by atoms with van der Waals surface area (Å²) < 4.78 is 15.1. The maximum absolute atomic E-state index is 13.6. The van der Waals surface area contributed by atoms with Crippen LogP contribution in [0.4, 0.5) is 4.39 Å². The molecule has 16 heavy (non-hydrogen) atoms. The van der Waals surface area contributed by atoms with E-state index in [2.05, 4.69) is 10.3 Å². The molecule has 1 aromatic heterocycles. The minimum absolute atomic E-state index is 0.289. The van der Waals surface area contributed by atoms with Gasteiger partial charge in [0.25, 0.3) is 0 Å². The summed E-state index contributed by atoms with van der Waals surface area (Å²) >= 11 is 5.74. The first-order valence-electron chi connectivity index (χ1n) is 5.02. The van der Waals surface area contributed by atoms with Gasteiger partial charge in [-0.05, 0) is 18.6 Å². The number of benzene rings is 1. The third kappa shape index (κ3) is 1.80. The van der Waals surface area contributed by atoms with Crippen molar-refractivity contribution < 1.29 is 4.39 Å². The molecule has 0 atom stereocenters. The van der Waals surface area contributed by atoms with Gasteiger partial charge in [-0.15, -0.1) is 16.7 Å². The fraction of sp³-hybridized carbons (Fsp3) is 0.273. The van der Waals surface area contributed by atoms with Crippen molar-refractivity contribution in [3.8, 4) is 5.69 Å². The Hall–Kier alpha value is -1.42. The van der Waals surface area contributed by atoms with E-state index in [1.54, 1.807) is 18.2 Å². The van der Waals surface area contributed by atoms with Crippen molar-refractivity contribution in [2.75, 3.05) is 0 Å². The normalized spacial score (nSPS) is 10.7. The van der Waals surface area contributed by atoms with Crippen molar-refractivity contribution in [1.29, 1.82) is 0 Å². The van der Waals surface area contributed by atoms with Crippen LogP contribution in [0, 0.1) is 5.82 Å². The molecule has 0 saturated carbocycles. The topological polar surface area (TPSA) is 30.7 Å². The molecule has 0 spiro atoms. The standard InChI is InChI=1S/C11H11ClFN3/c1-2-10-9(7-12)14-15-16(10)11-6-4-3-5-8(11)13/h3-6H,2,7H2,1H3. The Bertz CT molecular complexity index is 496. The minimum Gasteiger partial charge on any atom is -0.214 e. The summed E-state index contributed by atoms with van der Waals surface area (Å²) in [5.74, 6) is -0.0271. The van der Waals surface area contributed by atoms with Gasteiger partial charge >= 0.3 is 0 Å². The smallest absolute Gasteiger partial charge is 0.148 e. The zero-order chi connectivity index (χ0) is 11.5. The molecular formula is C11H11ClFN3. The first kappa shape index (κ1) is 11.1. The third-order valence-electron chi connectivity index (χ3n) is 2.39. The second-order valence-corrected chi connectivity index (χ2v) is 3.60. The number of aromatic nitrogens is 3. The molecule has 0 aliphatic carbocycles. The van der Waals surface area contributed by atoms with E-state index in [-0.39, 0.29) is 11.7 Å². The van der Waals surface area contributed by atoms with Crippen LogP contribution >= 0.6 is 11.6 Å². The molecule has 0 saturated heterocycles. The second-order valence-electron chi connectivity index (χ2n) is 3.33. The fourth-order valence-electron chi connectivity index (χ4n) is 1.61. The Balaban J connectivity index is 2.56. The Labute approximate surface area is 97.8 Å². The molecule has 5 heteroatoms. The molecular weight excluding hydrogens is 229 g/mol. The highest BCUT2D eigenvalue weighted by Crippen LogP contribution is 2.17. The van der Waals surface area contributed by atoms with E-state index in [0.717, 1.165) is 5.69 Å². The van der Waals surface area contributed by atoms with E-state index in [9.17, 15) is 4.39 Å². The van der Waals surface area contributed by atoms with Gasteiger partial charge < -0.3 is 0 Å². The van der Waals surface area contributed by atoms with Crippen LogP contribution in [-0.4, -0.2) is 15.0 Å². The van der Waals surface area contributed by atoms with Crippen LogP contribution < -0.4 is 0 Å². The van der Waals surface area contributed by atoms with Crippen molar-refractivity contribution in [2.24, 2.45) is 0 Å². The van der Waals surface area contributed by atoms with Gasteiger partial charge in [0.05, 0.1) is 11.6 Å². The predicted octanol–water partition coefficient (Wildman–Crippen LogP) is 2.71. The molecule has 1 aromatic carbocycles. The first-order valence-corrected chi connectivity index (χ1v) is 5.55. The van der Waals surface area contributed by atoms with Crippen LogP contribution in [-0.2, 0) is 12.3 Å². The number of hydrogen-bond donors (Lipinski definition) is 0. The summed E-state index contributed by atoms with van der Waals surface area (Å²) in [5, 5.41) is 7.87. The van der Waals surface area contributed by atoms with E-state index >= 15 is 0 Å². The minimum atomic E-state index is -0.316. The molecule has 3 nitrogen and oxygen atoms in total. The zero-order valence-electron chi connectivity index (χ0n) is 8.82. The van der Waals surface area contributed by atoms with Crippen molar-refractivity contribution in [3.05, 3.63) is 41.5 Å². The van der Waals surface area contributed by atoms with Crippen molar-refractivity contribution >= 4 is 11.6 Å². The Morgan fingerprint density at radius 1 is 1.38 bits per heavy atom. The molecule has 0 amide bonds. The molecule has 0 aliphatic heterocycles. The highest BCUT2D eigenvalue weighted by atomic mass is 35.5. The summed E-state index contributed by atoms with van der Waals surface area (Å²) in [4.78, 5) is 0. The second kappa shape index (κ2) is 4.61. The molecule has 0 bridgehead atoms. The van der Waals surface area contributed by atoms with E-state index in [1.165, 1.54) is 10.7 Å². The fourth-order valence-corrected chi connectivity index (χ4v) is 1.82. The number of para-hydroxylation sites is 1. The maximum atomic E-state index is 13.6. The van der Waals surface area contributed by atoms with Gasteiger partial charge in [-0.2, -0.15) is 0 Å². The number of nitrogens with zero attached hydrogens (tertiary/aromatic N) is 3. The Morgan fingerprint density at radius 2 is 2.12 bits per heavy atom. The largest absolute Gasteiger partial charge is 0.214 e. The SMILES string of the molecule is CCc1c(CCl)nnn1-c1ccccc1F. The molecule has 84 valence electrons. The van der Waals surface area contributed by atoms with Crippen LogP contribution in [0.1, 0.15) is 18.3 Å². The first-order chi connectivity index (χ1) is 7.77. The molecule has 1 heterocycles. The van der Waals surface area contributed by atoms with E-state index in [0.29, 0.717) is 17.8 Å². The Kier molecular flexibility index (Phi) is 3.19. The molecule has 0 aliphatic rings. The predicted molar refractivity (Wildman–Crippen MR) is 60.3 cm³/mol. The van der Waals surface area contributed by atoms with E-state index in [1.807, 2.05) is 6.92 Å². The molecule has 0 radical (unpaired) electrons. The summed E-state index contributed by atoms with van der Waals surface area (Å²) in [5.41, 5.74) is 1.95. The molecule has 0 N–H and O–H groups in total. The van der Waals surface area contributed by atoms with Gasteiger partial charge in [0.2, 0.25) is 0 Å². The lowest BCUT2D eigenvalue weighted by Gasteiger charge is -2.05. The van der Waals surface area contributed by atoms with Gasteiger partial charge in [0, 0.05) is 0 Å². The van der Waals surface area contributed by atoms with E-state index < -0.39 is 0 Å². The summed E-state index contributed by atoms with van der Waals surface area (Å²) in [6.07, 6.45) is 0.712. The number of rotatable bonds is 3. The zero-order valence-corrected chi connectivity index (χ0v) is 9.58. The molecule has 2 rings (SSSR count). The van der Waals surface area contributed by atoms with Gasteiger partial charge in [-0.1, -0.05) is 24.3 Å². The average Bonchev–Trinajstić information content (AvgIpc) is 2.72. The van der Waals surface area contributed by atoms with E-state index in [4.69, 9.17) is 11.6 Å². The Morgan fingerprint density at radius 3 is 2.75 bits per heavy atom. The lowest BCUT2D eigenvalue weighted by molar-refractivity contribution is 0.603. The average molecular weight is 240 g/mol. The highest BCUT2D eigenvalue weighted by Gasteiger charge is 2.13. The third-order valence-corrected chi connectivity index (χ3v) is 2.64. The van der Waals surface area contributed by atoms with Crippen LogP contribution in [0.5, 0.6) is 0 Å². The number of alkyl halides is 1. The molecule has 0 unspecified atom stereocenters. The maximum Gasteiger partial charge on any atom is 0.148 e. The number of halogens is 2. The van der Waals surface area contributed by atoms with Gasteiger partial charge in [0.15, 0.2) is 0 Å². The van der Waals surface area contributed by atoms with Gasteiger partial charge in [-0.25, -0.2) is 9.07 Å². The monoisotopic (exact) mass is 239 g/mol. The lowest BCUT2D eigenvalue weighted by Crippen LogP contribution is -2.04. The van der Waals surface area contributed by atoms with Crippen molar-refractivity contribution in [1.82, 2.24) is 15.0 Å². The number of hydrogen-bond acceptors (Lipinski definition) is 2. The quantitative estimate of drug-likeness (QED) is 0.771. The van der Waals surface area contributed by atoms with Crippen LogP contribution in [0.15, 0.2) is 24.3 Å². The van der Waals surface area contributed by atoms with Crippen LogP contribution in [0.3, 0.4) is 0 Å². The van der Waals surface area contributed by atoms with Crippen LogP contribution in [0.2, 0.25) is 0 Å². The lowest BCUT2D eigenvalue weighted by atomic mass is 10.2. The van der Waals surface area contributed by atoms with Gasteiger partial charge in [-0.3, -0.25) is 0 Å². The summed E-state index contributed by atoms with van der Waals surface area (Å²) in [6.45, 7) is 1.96. The van der Waals surface area contributed by atoms with Crippen LogP contribution in [0.25, 0.3) is 5.69 Å². The summed E-state index contributed by atoms with van der Waals surface area (Å²) in [6, 6.07) is 6.47. The van der Waals surface area contributed by atoms with Gasteiger partial charge in [0.1, 0.15) is 17.2 Å². The molecule has 0 fully saturated rings.